The van der Waals surface area contributed by atoms with Gasteiger partial charge >= 0.3 is 0 Å². The molecule has 0 aliphatic carbocycles. The third kappa shape index (κ3) is 3.61. The first-order chi connectivity index (χ1) is 12.6. The Labute approximate surface area is 153 Å². The SMILES string of the molecule is CCCC(=O)NC(c1ccc(NC)cc1)c1ccc2cccnc2c1O. The highest BCUT2D eigenvalue weighted by molar-refractivity contribution is 5.86. The fraction of sp³-hybridized carbons (Fsp3) is 0.238. The highest BCUT2D eigenvalue weighted by Crippen LogP contribution is 2.34. The second-order valence-corrected chi connectivity index (χ2v) is 6.20. The zero-order valence-corrected chi connectivity index (χ0v) is 15.0. The van der Waals surface area contributed by atoms with Crippen LogP contribution in [-0.4, -0.2) is 23.0 Å². The summed E-state index contributed by atoms with van der Waals surface area (Å²) >= 11 is 0. The smallest absolute Gasteiger partial charge is 0.220 e. The number of carbonyl (C=O) groups is 1. The number of carbonyl (C=O) groups excluding carboxylic acids is 1. The van der Waals surface area contributed by atoms with Crippen LogP contribution < -0.4 is 10.6 Å². The number of aromatic nitrogens is 1. The number of amides is 1. The molecule has 0 fully saturated rings. The lowest BCUT2D eigenvalue weighted by Crippen LogP contribution is -2.29. The van der Waals surface area contributed by atoms with Crippen molar-refractivity contribution >= 4 is 22.5 Å². The lowest BCUT2D eigenvalue weighted by molar-refractivity contribution is -0.121. The summed E-state index contributed by atoms with van der Waals surface area (Å²) in [5.41, 5.74) is 3.06. The van der Waals surface area contributed by atoms with Crippen LogP contribution in [-0.2, 0) is 4.79 Å². The molecule has 0 radical (unpaired) electrons. The maximum Gasteiger partial charge on any atom is 0.220 e. The van der Waals surface area contributed by atoms with Crippen molar-refractivity contribution in [2.45, 2.75) is 25.8 Å². The molecule has 1 aromatic heterocycles. The van der Waals surface area contributed by atoms with Crippen LogP contribution in [0.1, 0.15) is 36.9 Å². The molecule has 0 aliphatic heterocycles. The molecule has 134 valence electrons. The maximum absolute atomic E-state index is 12.3. The first-order valence-corrected chi connectivity index (χ1v) is 8.77. The van der Waals surface area contributed by atoms with Crippen LogP contribution in [0.5, 0.6) is 5.75 Å². The van der Waals surface area contributed by atoms with E-state index in [2.05, 4.69) is 15.6 Å². The van der Waals surface area contributed by atoms with Gasteiger partial charge in [-0.1, -0.05) is 37.3 Å². The summed E-state index contributed by atoms with van der Waals surface area (Å²) in [7, 11) is 1.86. The largest absolute Gasteiger partial charge is 0.505 e. The third-order valence-electron chi connectivity index (χ3n) is 4.41. The molecule has 1 amide bonds. The van der Waals surface area contributed by atoms with Gasteiger partial charge in [0.15, 0.2) is 0 Å². The molecule has 0 aliphatic rings. The summed E-state index contributed by atoms with van der Waals surface area (Å²) in [5.74, 6) is 0.0540. The Bertz CT molecular complexity index is 907. The molecule has 5 heteroatoms. The van der Waals surface area contributed by atoms with Crippen LogP contribution in [0, 0.1) is 0 Å². The van der Waals surface area contributed by atoms with Crippen molar-refractivity contribution in [3.63, 3.8) is 0 Å². The molecule has 2 aromatic carbocycles. The van der Waals surface area contributed by atoms with Gasteiger partial charge in [-0.15, -0.1) is 0 Å². The standard InChI is InChI=1S/C21H23N3O2/c1-3-5-18(25)24-19(15-7-10-16(22-2)11-8-15)17-12-9-14-6-4-13-23-20(14)21(17)26/h4,6-13,19,22,26H,3,5H2,1-2H3,(H,24,25). The van der Waals surface area contributed by atoms with Gasteiger partial charge in [0.2, 0.25) is 5.91 Å². The molecule has 0 spiro atoms. The Hall–Kier alpha value is -3.08. The first-order valence-electron chi connectivity index (χ1n) is 8.77. The van der Waals surface area contributed by atoms with E-state index in [1.807, 2.05) is 62.5 Å². The topological polar surface area (TPSA) is 74.2 Å². The Morgan fingerprint density at radius 2 is 1.92 bits per heavy atom. The van der Waals surface area contributed by atoms with E-state index in [1.165, 1.54) is 0 Å². The van der Waals surface area contributed by atoms with Crippen LogP contribution in [0.4, 0.5) is 5.69 Å². The maximum atomic E-state index is 12.3. The molecule has 3 N–H and O–H groups in total. The number of fused-ring (bicyclic) bond motifs is 1. The number of pyridine rings is 1. The van der Waals surface area contributed by atoms with Crippen molar-refractivity contribution in [3.05, 3.63) is 65.9 Å². The summed E-state index contributed by atoms with van der Waals surface area (Å²) in [6.07, 6.45) is 2.86. The minimum Gasteiger partial charge on any atom is -0.505 e. The molecule has 0 saturated heterocycles. The van der Waals surface area contributed by atoms with Gasteiger partial charge in [0.25, 0.3) is 0 Å². The normalized spacial score (nSPS) is 11.9. The molecule has 0 bridgehead atoms. The first kappa shape index (κ1) is 17.7. The van der Waals surface area contributed by atoms with Crippen LogP contribution in [0.25, 0.3) is 10.9 Å². The fourth-order valence-electron chi connectivity index (χ4n) is 3.02. The lowest BCUT2D eigenvalue weighted by atomic mass is 9.95. The van der Waals surface area contributed by atoms with Crippen molar-refractivity contribution in [3.8, 4) is 5.75 Å². The Morgan fingerprint density at radius 1 is 1.15 bits per heavy atom. The van der Waals surface area contributed by atoms with Crippen LogP contribution in [0.3, 0.4) is 0 Å². The molecule has 5 nitrogen and oxygen atoms in total. The van der Waals surface area contributed by atoms with Crippen molar-refractivity contribution in [2.75, 3.05) is 12.4 Å². The lowest BCUT2D eigenvalue weighted by Gasteiger charge is -2.21. The minimum atomic E-state index is -0.439. The Morgan fingerprint density at radius 3 is 2.62 bits per heavy atom. The van der Waals surface area contributed by atoms with Gasteiger partial charge in [-0.25, -0.2) is 0 Å². The second-order valence-electron chi connectivity index (χ2n) is 6.20. The van der Waals surface area contributed by atoms with E-state index in [4.69, 9.17) is 0 Å². The number of nitrogens with zero attached hydrogens (tertiary/aromatic N) is 1. The summed E-state index contributed by atoms with van der Waals surface area (Å²) in [6, 6.07) is 14.9. The van der Waals surface area contributed by atoms with Gasteiger partial charge in [-0.3, -0.25) is 9.78 Å². The van der Waals surface area contributed by atoms with E-state index in [0.29, 0.717) is 17.5 Å². The van der Waals surface area contributed by atoms with Gasteiger partial charge in [0, 0.05) is 36.3 Å². The molecule has 1 atom stereocenters. The van der Waals surface area contributed by atoms with Gasteiger partial charge in [0.1, 0.15) is 11.3 Å². The van der Waals surface area contributed by atoms with Crippen LogP contribution >= 0.6 is 0 Å². The highest BCUT2D eigenvalue weighted by Gasteiger charge is 2.21. The number of hydrogen-bond acceptors (Lipinski definition) is 4. The predicted molar refractivity (Wildman–Crippen MR) is 104 cm³/mol. The number of benzene rings is 2. The number of aromatic hydroxyl groups is 1. The monoisotopic (exact) mass is 349 g/mol. The number of hydrogen-bond donors (Lipinski definition) is 3. The van der Waals surface area contributed by atoms with E-state index in [-0.39, 0.29) is 11.7 Å². The molecule has 1 unspecified atom stereocenters. The quantitative estimate of drug-likeness (QED) is 0.629. The zero-order valence-electron chi connectivity index (χ0n) is 15.0. The molecular formula is C21H23N3O2. The summed E-state index contributed by atoms with van der Waals surface area (Å²) in [6.45, 7) is 1.97. The van der Waals surface area contributed by atoms with Crippen LogP contribution in [0.15, 0.2) is 54.7 Å². The highest BCUT2D eigenvalue weighted by atomic mass is 16.3. The van der Waals surface area contributed by atoms with E-state index < -0.39 is 6.04 Å². The molecule has 0 saturated carbocycles. The van der Waals surface area contributed by atoms with Crippen molar-refractivity contribution in [1.82, 2.24) is 10.3 Å². The summed E-state index contributed by atoms with van der Waals surface area (Å²) in [4.78, 5) is 16.6. The van der Waals surface area contributed by atoms with Crippen molar-refractivity contribution < 1.29 is 9.90 Å². The second kappa shape index (κ2) is 7.87. The number of anilines is 1. The molecule has 3 aromatic rings. The molecular weight excluding hydrogens is 326 g/mol. The van der Waals surface area contributed by atoms with E-state index >= 15 is 0 Å². The average molecular weight is 349 g/mol. The zero-order chi connectivity index (χ0) is 18.5. The van der Waals surface area contributed by atoms with Gasteiger partial charge in [-0.2, -0.15) is 0 Å². The third-order valence-corrected chi connectivity index (χ3v) is 4.41. The van der Waals surface area contributed by atoms with Crippen LogP contribution in [0.2, 0.25) is 0 Å². The number of nitrogens with one attached hydrogen (secondary N) is 2. The van der Waals surface area contributed by atoms with Gasteiger partial charge in [-0.05, 0) is 30.2 Å². The van der Waals surface area contributed by atoms with Gasteiger partial charge in [0.05, 0.1) is 6.04 Å². The molecule has 26 heavy (non-hydrogen) atoms. The van der Waals surface area contributed by atoms with E-state index in [9.17, 15) is 9.90 Å². The molecule has 1 heterocycles. The number of phenols is 1. The summed E-state index contributed by atoms with van der Waals surface area (Å²) < 4.78 is 0. The fourth-order valence-corrected chi connectivity index (χ4v) is 3.02. The van der Waals surface area contributed by atoms with Gasteiger partial charge < -0.3 is 15.7 Å². The number of rotatable bonds is 6. The average Bonchev–Trinajstić information content (AvgIpc) is 2.67. The summed E-state index contributed by atoms with van der Waals surface area (Å²) in [5, 5.41) is 17.8. The van der Waals surface area contributed by atoms with Crippen molar-refractivity contribution in [1.29, 1.82) is 0 Å². The molecule has 3 rings (SSSR count). The Kier molecular flexibility index (Phi) is 5.37. The number of phenolic OH excluding ortho intramolecular Hbond substituents is 1. The predicted octanol–water partition coefficient (Wildman–Crippen LogP) is 3.99. The minimum absolute atomic E-state index is 0.0456. The Balaban J connectivity index is 2.07. The van der Waals surface area contributed by atoms with Crippen molar-refractivity contribution in [2.24, 2.45) is 0 Å². The van der Waals surface area contributed by atoms with E-state index in [0.717, 1.165) is 23.1 Å². The van der Waals surface area contributed by atoms with E-state index in [1.54, 1.807) is 6.20 Å².